The molecule has 0 fully saturated rings. The standard InChI is InChI=1S/C47H28N2/c1-3-16-32-30(14-1)31-15-2-4-17-33(31)35-23-12-24-40-41(27-29-13-11-22-34(32)44(29)47(35)40)45-36-18-5-7-20-38(36)46(39-21-8-6-19-37(39)45)42-28-49-26-10-9-25-43(49)48-42/h1-28H. The molecule has 2 heterocycles. The van der Waals surface area contributed by atoms with Crippen LogP contribution in [-0.2, 0) is 0 Å². The number of nitrogens with zero attached hydrogens (tertiary/aromatic N) is 2. The summed E-state index contributed by atoms with van der Waals surface area (Å²) in [6.07, 6.45) is 4.24. The first-order valence-corrected chi connectivity index (χ1v) is 16.9. The zero-order valence-corrected chi connectivity index (χ0v) is 26.6. The molecule has 0 amide bonds. The maximum absolute atomic E-state index is 5.13. The fourth-order valence-electron chi connectivity index (χ4n) is 8.56. The highest BCUT2D eigenvalue weighted by atomic mass is 15.0. The van der Waals surface area contributed by atoms with Crippen molar-refractivity contribution >= 4 is 81.1 Å². The van der Waals surface area contributed by atoms with E-state index in [1.807, 2.05) is 6.07 Å². The molecule has 0 radical (unpaired) electrons. The fourth-order valence-corrected chi connectivity index (χ4v) is 8.56. The van der Waals surface area contributed by atoms with Crippen molar-refractivity contribution in [3.63, 3.8) is 0 Å². The normalized spacial score (nSPS) is 12.1. The number of hydrogen-bond acceptors (Lipinski definition) is 1. The van der Waals surface area contributed by atoms with Gasteiger partial charge in [-0.3, -0.25) is 0 Å². The van der Waals surface area contributed by atoms with E-state index in [-0.39, 0.29) is 0 Å². The Morgan fingerprint density at radius 1 is 0.367 bits per heavy atom. The number of fused-ring (bicyclic) bond motifs is 8. The smallest absolute Gasteiger partial charge is 0.137 e. The van der Waals surface area contributed by atoms with Crippen molar-refractivity contribution in [3.05, 3.63) is 170 Å². The molecule has 49 heavy (non-hydrogen) atoms. The highest BCUT2D eigenvalue weighted by Crippen LogP contribution is 2.48. The van der Waals surface area contributed by atoms with Crippen molar-refractivity contribution in [3.8, 4) is 22.4 Å². The third-order valence-electron chi connectivity index (χ3n) is 10.5. The minimum atomic E-state index is 0.946. The lowest BCUT2D eigenvalue weighted by atomic mass is 9.83. The molecule has 0 aliphatic rings. The highest BCUT2D eigenvalue weighted by molar-refractivity contribution is 6.36. The fraction of sp³-hybridized carbons (Fsp3) is 0. The van der Waals surface area contributed by atoms with Gasteiger partial charge in [-0.1, -0.05) is 140 Å². The van der Waals surface area contributed by atoms with Gasteiger partial charge in [-0.25, -0.2) is 4.98 Å². The number of hydrogen-bond donors (Lipinski definition) is 0. The van der Waals surface area contributed by atoms with Crippen LogP contribution in [0, 0.1) is 0 Å². The lowest BCUT2D eigenvalue weighted by Gasteiger charge is -2.20. The number of pyridine rings is 1. The monoisotopic (exact) mass is 620 g/mol. The van der Waals surface area contributed by atoms with Crippen molar-refractivity contribution in [1.82, 2.24) is 9.38 Å². The molecule has 0 saturated carbocycles. The Morgan fingerprint density at radius 3 is 1.45 bits per heavy atom. The van der Waals surface area contributed by atoms with Crippen molar-refractivity contribution < 1.29 is 0 Å². The van der Waals surface area contributed by atoms with Crippen LogP contribution in [0.4, 0.5) is 0 Å². The van der Waals surface area contributed by atoms with Gasteiger partial charge in [0.15, 0.2) is 0 Å². The van der Waals surface area contributed by atoms with Gasteiger partial charge in [0, 0.05) is 18.0 Å². The molecule has 0 spiro atoms. The highest BCUT2D eigenvalue weighted by Gasteiger charge is 2.21. The van der Waals surface area contributed by atoms with Gasteiger partial charge in [0.25, 0.3) is 0 Å². The molecule has 0 N–H and O–H groups in total. The summed E-state index contributed by atoms with van der Waals surface area (Å²) in [5.41, 5.74) is 5.62. The third-order valence-corrected chi connectivity index (χ3v) is 10.5. The number of aromatic nitrogens is 2. The summed E-state index contributed by atoms with van der Waals surface area (Å²) in [6, 6.07) is 57.9. The van der Waals surface area contributed by atoms with Crippen molar-refractivity contribution in [2.75, 3.05) is 0 Å². The van der Waals surface area contributed by atoms with E-state index in [9.17, 15) is 0 Å². The first-order chi connectivity index (χ1) is 24.3. The molecule has 2 heteroatoms. The van der Waals surface area contributed by atoms with E-state index >= 15 is 0 Å². The van der Waals surface area contributed by atoms with Gasteiger partial charge in [0.2, 0.25) is 0 Å². The molecule has 2 aromatic heterocycles. The van der Waals surface area contributed by atoms with Crippen LogP contribution >= 0.6 is 0 Å². The first kappa shape index (κ1) is 26.5. The molecule has 0 aliphatic carbocycles. The number of rotatable bonds is 2. The summed E-state index contributed by atoms with van der Waals surface area (Å²) in [5.74, 6) is 0. The summed E-state index contributed by atoms with van der Waals surface area (Å²) in [7, 11) is 0. The summed E-state index contributed by atoms with van der Waals surface area (Å²) in [4.78, 5) is 5.13. The summed E-state index contributed by atoms with van der Waals surface area (Å²) >= 11 is 0. The maximum atomic E-state index is 5.13. The molecule has 0 unspecified atom stereocenters. The lowest BCUT2D eigenvalue weighted by Crippen LogP contribution is -1.93. The van der Waals surface area contributed by atoms with E-state index in [0.29, 0.717) is 0 Å². The molecule has 226 valence electrons. The number of imidazole rings is 1. The summed E-state index contributed by atoms with van der Waals surface area (Å²) in [6.45, 7) is 0. The minimum absolute atomic E-state index is 0.946. The molecular weight excluding hydrogens is 593 g/mol. The number of benzene rings is 8. The van der Waals surface area contributed by atoms with Crippen molar-refractivity contribution in [2.24, 2.45) is 0 Å². The van der Waals surface area contributed by atoms with E-state index in [4.69, 9.17) is 4.98 Å². The van der Waals surface area contributed by atoms with Gasteiger partial charge in [0.05, 0.1) is 5.69 Å². The second-order valence-corrected chi connectivity index (χ2v) is 13.1. The third kappa shape index (κ3) is 3.69. The van der Waals surface area contributed by atoms with Gasteiger partial charge >= 0.3 is 0 Å². The Morgan fingerprint density at radius 2 is 0.837 bits per heavy atom. The zero-order valence-electron chi connectivity index (χ0n) is 26.6. The molecule has 0 atom stereocenters. The Hall–Kier alpha value is -6.51. The van der Waals surface area contributed by atoms with Gasteiger partial charge in [-0.2, -0.15) is 0 Å². The average molecular weight is 621 g/mol. The molecule has 2 nitrogen and oxygen atoms in total. The molecule has 11 aromatic rings. The molecular formula is C47H28N2. The minimum Gasteiger partial charge on any atom is -0.306 e. The van der Waals surface area contributed by atoms with Crippen LogP contribution in [0.2, 0.25) is 0 Å². The van der Waals surface area contributed by atoms with Crippen LogP contribution in [0.15, 0.2) is 170 Å². The van der Waals surface area contributed by atoms with E-state index in [0.717, 1.165) is 11.3 Å². The SMILES string of the molecule is c1ccc2c(-c3cc4cccc5c6ccccc6c6ccccc6c6cccc3c6c45)c3ccccc3c(-c3cn4ccccc4n3)c2c1. The Labute approximate surface area is 282 Å². The molecule has 11 rings (SSSR count). The van der Waals surface area contributed by atoms with Crippen LogP contribution in [0.3, 0.4) is 0 Å². The van der Waals surface area contributed by atoms with Crippen molar-refractivity contribution in [2.45, 2.75) is 0 Å². The molecule has 0 aliphatic heterocycles. The van der Waals surface area contributed by atoms with Crippen molar-refractivity contribution in [1.29, 1.82) is 0 Å². The zero-order chi connectivity index (χ0) is 32.1. The van der Waals surface area contributed by atoms with Crippen LogP contribution in [0.5, 0.6) is 0 Å². The topological polar surface area (TPSA) is 17.3 Å². The maximum Gasteiger partial charge on any atom is 0.137 e. The van der Waals surface area contributed by atoms with Gasteiger partial charge in [-0.15, -0.1) is 0 Å². The van der Waals surface area contributed by atoms with E-state index < -0.39 is 0 Å². The van der Waals surface area contributed by atoms with Gasteiger partial charge in [-0.05, 0) is 105 Å². The van der Waals surface area contributed by atoms with Crippen LogP contribution < -0.4 is 0 Å². The Bertz CT molecular complexity index is 3080. The van der Waals surface area contributed by atoms with Crippen LogP contribution in [0.1, 0.15) is 0 Å². The first-order valence-electron chi connectivity index (χ1n) is 16.9. The average Bonchev–Trinajstić information content (AvgIpc) is 3.59. The van der Waals surface area contributed by atoms with Gasteiger partial charge < -0.3 is 4.40 Å². The van der Waals surface area contributed by atoms with E-state index in [1.54, 1.807) is 0 Å². The van der Waals surface area contributed by atoms with Crippen LogP contribution in [-0.4, -0.2) is 9.38 Å². The second kappa shape index (κ2) is 10.00. The molecule has 0 bridgehead atoms. The van der Waals surface area contributed by atoms with E-state index in [2.05, 4.69) is 168 Å². The quantitative estimate of drug-likeness (QED) is 0.139. The van der Waals surface area contributed by atoms with E-state index in [1.165, 1.54) is 92.1 Å². The molecule has 0 saturated heterocycles. The summed E-state index contributed by atoms with van der Waals surface area (Å²) < 4.78 is 2.11. The predicted molar refractivity (Wildman–Crippen MR) is 209 cm³/mol. The van der Waals surface area contributed by atoms with Crippen LogP contribution in [0.25, 0.3) is 103 Å². The second-order valence-electron chi connectivity index (χ2n) is 13.1. The largest absolute Gasteiger partial charge is 0.306 e. The summed E-state index contributed by atoms with van der Waals surface area (Å²) in [5, 5.41) is 17.7. The Balaban J connectivity index is 1.37. The lowest BCUT2D eigenvalue weighted by molar-refractivity contribution is 1.19. The Kier molecular flexibility index (Phi) is 5.42. The predicted octanol–water partition coefficient (Wildman–Crippen LogP) is 12.7. The van der Waals surface area contributed by atoms with Gasteiger partial charge in [0.1, 0.15) is 5.65 Å². The molecule has 9 aromatic carbocycles.